The van der Waals surface area contributed by atoms with Crippen LogP contribution in [0.1, 0.15) is 48.2 Å². The average molecular weight is 452 g/mol. The number of Topliss-reactive ketones (excluding diaryl/α,β-unsaturated/α-hetero) is 1. The number of benzene rings is 3. The molecule has 0 unspecified atom stereocenters. The molecule has 2 N–H and O–H groups in total. The number of carbonyl (C=O) groups is 1. The molecule has 0 bridgehead atoms. The van der Waals surface area contributed by atoms with Crippen molar-refractivity contribution in [1.29, 1.82) is 0 Å². The van der Waals surface area contributed by atoms with Crippen molar-refractivity contribution in [2.75, 3.05) is 6.16 Å². The molecule has 0 fully saturated rings. The molecule has 3 rings (SSSR count). The second kappa shape index (κ2) is 9.93. The van der Waals surface area contributed by atoms with Gasteiger partial charge in [0.15, 0.2) is 5.60 Å². The third kappa shape index (κ3) is 5.08. The van der Waals surface area contributed by atoms with Gasteiger partial charge in [-0.05, 0) is 24.0 Å². The van der Waals surface area contributed by atoms with Gasteiger partial charge in [-0.2, -0.15) is 0 Å². The van der Waals surface area contributed by atoms with Crippen molar-refractivity contribution in [3.8, 4) is 0 Å². The fraction of sp³-hybridized carbons (Fsp3) is 0.269. The Morgan fingerprint density at radius 1 is 0.781 bits per heavy atom. The lowest BCUT2D eigenvalue weighted by Crippen LogP contribution is -2.50. The molecule has 0 aliphatic rings. The normalized spacial score (nSPS) is 12.5. The standard InChI is InChI=1S/C26H29O5P/c1-3-25(4-2,20-32(28,29)30)31-26(22-16-10-6-11-17-22,23-18-12-7-13-19-23)24(27)21-14-8-5-9-15-21/h5-19H,3-4,20H2,1-2H3,(H2,28,29,30). The van der Waals surface area contributed by atoms with Gasteiger partial charge in [0, 0.05) is 5.56 Å². The van der Waals surface area contributed by atoms with Gasteiger partial charge >= 0.3 is 7.60 Å². The van der Waals surface area contributed by atoms with Crippen LogP contribution in [0.25, 0.3) is 0 Å². The van der Waals surface area contributed by atoms with Crippen molar-refractivity contribution in [3.63, 3.8) is 0 Å². The van der Waals surface area contributed by atoms with E-state index in [0.29, 0.717) is 29.5 Å². The third-order valence-electron chi connectivity index (χ3n) is 5.87. The Morgan fingerprint density at radius 3 is 1.56 bits per heavy atom. The van der Waals surface area contributed by atoms with Crippen LogP contribution in [0.15, 0.2) is 91.0 Å². The lowest BCUT2D eigenvalue weighted by molar-refractivity contribution is -0.115. The van der Waals surface area contributed by atoms with Crippen LogP contribution in [0.5, 0.6) is 0 Å². The zero-order valence-electron chi connectivity index (χ0n) is 18.3. The molecule has 3 aromatic rings. The molecule has 0 saturated heterocycles. The summed E-state index contributed by atoms with van der Waals surface area (Å²) in [7, 11) is -4.43. The summed E-state index contributed by atoms with van der Waals surface area (Å²) in [5.74, 6) is -0.285. The van der Waals surface area contributed by atoms with Crippen LogP contribution in [0, 0.1) is 0 Å². The quantitative estimate of drug-likeness (QED) is 0.311. The van der Waals surface area contributed by atoms with Gasteiger partial charge in [-0.3, -0.25) is 9.36 Å². The first-order valence-corrected chi connectivity index (χ1v) is 12.5. The first-order chi connectivity index (χ1) is 15.3. The Balaban J connectivity index is 2.33. The molecule has 0 heterocycles. The average Bonchev–Trinajstić information content (AvgIpc) is 2.82. The Kier molecular flexibility index (Phi) is 7.47. The largest absolute Gasteiger partial charge is 0.350 e. The summed E-state index contributed by atoms with van der Waals surface area (Å²) in [5, 5.41) is 0. The zero-order valence-corrected chi connectivity index (χ0v) is 19.2. The maximum Gasteiger partial charge on any atom is 0.328 e. The predicted octanol–water partition coefficient (Wildman–Crippen LogP) is 5.57. The maximum absolute atomic E-state index is 14.2. The number of hydrogen-bond acceptors (Lipinski definition) is 3. The van der Waals surface area contributed by atoms with Crippen LogP contribution in [0.2, 0.25) is 0 Å². The van der Waals surface area contributed by atoms with Gasteiger partial charge in [0.25, 0.3) is 0 Å². The number of ether oxygens (including phenoxy) is 1. The smallest absolute Gasteiger partial charge is 0.328 e. The van der Waals surface area contributed by atoms with Crippen LogP contribution >= 0.6 is 7.60 Å². The van der Waals surface area contributed by atoms with Crippen molar-refractivity contribution in [2.45, 2.75) is 37.9 Å². The summed E-state index contributed by atoms with van der Waals surface area (Å²) in [5.41, 5.74) is -1.12. The molecule has 0 aromatic heterocycles. The summed E-state index contributed by atoms with van der Waals surface area (Å²) in [6.45, 7) is 3.65. The molecule has 0 aliphatic carbocycles. The van der Waals surface area contributed by atoms with Crippen molar-refractivity contribution in [2.24, 2.45) is 0 Å². The molecule has 0 atom stereocenters. The second-order valence-corrected chi connectivity index (χ2v) is 9.57. The van der Waals surface area contributed by atoms with E-state index < -0.39 is 25.0 Å². The van der Waals surface area contributed by atoms with Gasteiger partial charge in [0.2, 0.25) is 5.78 Å². The van der Waals surface area contributed by atoms with Crippen molar-refractivity contribution in [3.05, 3.63) is 108 Å². The minimum Gasteiger partial charge on any atom is -0.350 e. The molecular formula is C26H29O5P. The van der Waals surface area contributed by atoms with Crippen LogP contribution < -0.4 is 0 Å². The highest BCUT2D eigenvalue weighted by Crippen LogP contribution is 2.48. The van der Waals surface area contributed by atoms with Crippen molar-refractivity contribution >= 4 is 13.4 Å². The fourth-order valence-electron chi connectivity index (χ4n) is 4.08. The lowest BCUT2D eigenvalue weighted by atomic mass is 9.78. The Bertz CT molecular complexity index is 1020. The van der Waals surface area contributed by atoms with E-state index in [1.54, 1.807) is 24.3 Å². The molecule has 6 heteroatoms. The van der Waals surface area contributed by atoms with Gasteiger partial charge in [-0.1, -0.05) is 105 Å². The van der Waals surface area contributed by atoms with Gasteiger partial charge < -0.3 is 14.5 Å². The lowest BCUT2D eigenvalue weighted by Gasteiger charge is -2.43. The first-order valence-electron chi connectivity index (χ1n) is 10.7. The summed E-state index contributed by atoms with van der Waals surface area (Å²) in [6.07, 6.45) is 0.187. The minimum absolute atomic E-state index is 0.285. The van der Waals surface area contributed by atoms with Gasteiger partial charge in [0.1, 0.15) is 0 Å². The molecule has 32 heavy (non-hydrogen) atoms. The second-order valence-electron chi connectivity index (χ2n) is 7.92. The van der Waals surface area contributed by atoms with Gasteiger partial charge in [-0.15, -0.1) is 0 Å². The summed E-state index contributed by atoms with van der Waals surface area (Å²) in [6, 6.07) is 27.2. The van der Waals surface area contributed by atoms with Crippen molar-refractivity contribution in [1.82, 2.24) is 0 Å². The number of hydrogen-bond donors (Lipinski definition) is 2. The van der Waals surface area contributed by atoms with Crippen LogP contribution in [-0.4, -0.2) is 27.3 Å². The molecule has 5 nitrogen and oxygen atoms in total. The number of ketones is 1. The van der Waals surface area contributed by atoms with E-state index in [1.807, 2.05) is 80.6 Å². The van der Waals surface area contributed by atoms with E-state index in [1.165, 1.54) is 0 Å². The van der Waals surface area contributed by atoms with Crippen LogP contribution in [-0.2, 0) is 14.9 Å². The van der Waals surface area contributed by atoms with E-state index in [0.717, 1.165) is 0 Å². The first kappa shape index (κ1) is 24.1. The molecule has 0 spiro atoms. The molecule has 168 valence electrons. The minimum atomic E-state index is -4.43. The SMILES string of the molecule is CCC(CC)(CP(=O)(O)O)OC(C(=O)c1ccccc1)(c1ccccc1)c1ccccc1. The van der Waals surface area contributed by atoms with E-state index in [9.17, 15) is 19.1 Å². The van der Waals surface area contributed by atoms with E-state index in [4.69, 9.17) is 4.74 Å². The van der Waals surface area contributed by atoms with Gasteiger partial charge in [0.05, 0.1) is 11.8 Å². The summed E-state index contributed by atoms with van der Waals surface area (Å²) in [4.78, 5) is 33.9. The zero-order chi connectivity index (χ0) is 23.2. The molecular weight excluding hydrogens is 423 g/mol. The van der Waals surface area contributed by atoms with Crippen molar-refractivity contribution < 1.29 is 23.9 Å². The predicted molar refractivity (Wildman–Crippen MR) is 126 cm³/mol. The highest BCUT2D eigenvalue weighted by atomic mass is 31.2. The maximum atomic E-state index is 14.2. The molecule has 0 aliphatic heterocycles. The van der Waals surface area contributed by atoms with E-state index >= 15 is 0 Å². The topological polar surface area (TPSA) is 83.8 Å². The summed E-state index contributed by atoms with van der Waals surface area (Å²) >= 11 is 0. The fourth-order valence-corrected chi connectivity index (χ4v) is 5.34. The number of rotatable bonds is 10. The molecule has 0 amide bonds. The highest BCUT2D eigenvalue weighted by Gasteiger charge is 2.50. The Morgan fingerprint density at radius 2 is 1.19 bits per heavy atom. The van der Waals surface area contributed by atoms with Crippen LogP contribution in [0.3, 0.4) is 0 Å². The third-order valence-corrected chi connectivity index (χ3v) is 6.86. The monoisotopic (exact) mass is 452 g/mol. The van der Waals surface area contributed by atoms with E-state index in [2.05, 4.69) is 0 Å². The summed E-state index contributed by atoms with van der Waals surface area (Å²) < 4.78 is 18.8. The highest BCUT2D eigenvalue weighted by molar-refractivity contribution is 7.51. The molecule has 3 aromatic carbocycles. The van der Waals surface area contributed by atoms with Crippen LogP contribution in [0.4, 0.5) is 0 Å². The Labute approximate surface area is 189 Å². The number of carbonyl (C=O) groups excluding carboxylic acids is 1. The molecule has 0 saturated carbocycles. The molecule has 0 radical (unpaired) electrons. The van der Waals surface area contributed by atoms with E-state index in [-0.39, 0.29) is 5.78 Å². The Hall–Kier alpha value is -2.56. The van der Waals surface area contributed by atoms with Gasteiger partial charge in [-0.25, -0.2) is 0 Å².